The molecule has 26 heavy (non-hydrogen) atoms. The molecule has 0 bridgehead atoms. The maximum atomic E-state index is 12.7. The number of hydrogen-bond acceptors (Lipinski definition) is 4. The summed E-state index contributed by atoms with van der Waals surface area (Å²) in [4.78, 5) is 12.7. The zero-order chi connectivity index (χ0) is 18.7. The van der Waals surface area contributed by atoms with Gasteiger partial charge in [0.1, 0.15) is 5.75 Å². The molecule has 0 aromatic heterocycles. The third-order valence-electron chi connectivity index (χ3n) is 4.35. The van der Waals surface area contributed by atoms with Gasteiger partial charge in [-0.25, -0.2) is 8.42 Å². The molecule has 1 unspecified atom stereocenters. The maximum absolute atomic E-state index is 12.7. The molecule has 1 amide bonds. The van der Waals surface area contributed by atoms with Crippen LogP contribution in [0, 0.1) is 0 Å². The molecule has 2 aromatic carbocycles. The van der Waals surface area contributed by atoms with Gasteiger partial charge in [0.25, 0.3) is 5.91 Å². The molecule has 2 aromatic rings. The van der Waals surface area contributed by atoms with Gasteiger partial charge in [-0.15, -0.1) is 0 Å². The number of ether oxygens (including phenoxy) is 1. The second-order valence-corrected chi connectivity index (χ2v) is 8.25. The molecule has 138 valence electrons. The zero-order valence-electron chi connectivity index (χ0n) is 14.8. The fourth-order valence-corrected chi connectivity index (χ4v) is 3.94. The number of rotatable bonds is 4. The minimum Gasteiger partial charge on any atom is -0.478 e. The molecule has 0 aliphatic carbocycles. The van der Waals surface area contributed by atoms with Crippen molar-refractivity contribution < 1.29 is 17.9 Å². The number of nitrogens with one attached hydrogen (secondary N) is 1. The van der Waals surface area contributed by atoms with E-state index in [2.05, 4.69) is 5.32 Å². The van der Waals surface area contributed by atoms with Gasteiger partial charge in [0.2, 0.25) is 10.0 Å². The summed E-state index contributed by atoms with van der Waals surface area (Å²) in [5, 5.41) is 2.95. The first-order valence-electron chi connectivity index (χ1n) is 8.45. The average Bonchev–Trinajstić information content (AvgIpc) is 2.82. The van der Waals surface area contributed by atoms with Crippen LogP contribution in [0.15, 0.2) is 54.6 Å². The molecule has 1 N–H and O–H groups in total. The number of hydrogen-bond donors (Lipinski definition) is 1. The summed E-state index contributed by atoms with van der Waals surface area (Å²) in [5.41, 5.74) is 1.45. The Morgan fingerprint density at radius 2 is 1.81 bits per heavy atom. The quantitative estimate of drug-likeness (QED) is 0.892. The normalized spacial score (nSPS) is 18.2. The molecule has 0 saturated heterocycles. The van der Waals surface area contributed by atoms with Crippen LogP contribution in [0.5, 0.6) is 5.75 Å². The van der Waals surface area contributed by atoms with E-state index in [9.17, 15) is 13.2 Å². The van der Waals surface area contributed by atoms with Crippen LogP contribution in [0.3, 0.4) is 0 Å². The van der Waals surface area contributed by atoms with E-state index >= 15 is 0 Å². The Hall–Kier alpha value is -2.54. The number of nitrogens with zero attached hydrogens (tertiary/aromatic N) is 1. The molecule has 6 nitrogen and oxygen atoms in total. The first-order valence-corrected chi connectivity index (χ1v) is 10.3. The minimum absolute atomic E-state index is 0.170. The standard InChI is InChI=1S/C19H22N2O4S/c1-14(15-8-4-3-5-9-15)20-19(22)18-12-13-21(26(2,23)24)16-10-6-7-11-17(16)25-18/h3-11,14,18H,12-13H2,1-2H3,(H,20,22)/t14-,18?/m1/s1. The van der Waals surface area contributed by atoms with Crippen molar-refractivity contribution in [1.29, 1.82) is 0 Å². The van der Waals surface area contributed by atoms with Gasteiger partial charge in [-0.1, -0.05) is 42.5 Å². The first-order chi connectivity index (χ1) is 12.4. The number of sulfonamides is 1. The second kappa shape index (κ2) is 7.37. The van der Waals surface area contributed by atoms with Crippen LogP contribution >= 0.6 is 0 Å². The molecular formula is C19H22N2O4S. The molecular weight excluding hydrogens is 352 g/mol. The lowest BCUT2D eigenvalue weighted by Gasteiger charge is -2.20. The van der Waals surface area contributed by atoms with Gasteiger partial charge in [-0.05, 0) is 24.6 Å². The van der Waals surface area contributed by atoms with E-state index in [-0.39, 0.29) is 24.9 Å². The molecule has 0 spiro atoms. The highest BCUT2D eigenvalue weighted by Crippen LogP contribution is 2.33. The minimum atomic E-state index is -3.46. The Labute approximate surface area is 153 Å². The molecule has 2 atom stereocenters. The zero-order valence-corrected chi connectivity index (χ0v) is 15.6. The van der Waals surface area contributed by atoms with Crippen LogP contribution in [0.1, 0.15) is 24.9 Å². The Bertz CT molecular complexity index is 883. The van der Waals surface area contributed by atoms with E-state index in [0.29, 0.717) is 11.4 Å². The Balaban J connectivity index is 1.79. The molecule has 3 rings (SSSR count). The van der Waals surface area contributed by atoms with E-state index < -0.39 is 16.1 Å². The van der Waals surface area contributed by atoms with Gasteiger partial charge in [-0.3, -0.25) is 9.10 Å². The molecule has 1 aliphatic rings. The van der Waals surface area contributed by atoms with E-state index in [4.69, 9.17) is 4.74 Å². The predicted octanol–water partition coefficient (Wildman–Crippen LogP) is 2.48. The second-order valence-electron chi connectivity index (χ2n) is 6.34. The van der Waals surface area contributed by atoms with Crippen molar-refractivity contribution in [2.45, 2.75) is 25.5 Å². The van der Waals surface area contributed by atoms with Crippen molar-refractivity contribution in [3.05, 3.63) is 60.2 Å². The fourth-order valence-electron chi connectivity index (χ4n) is 2.99. The van der Waals surface area contributed by atoms with Gasteiger partial charge < -0.3 is 10.1 Å². The predicted molar refractivity (Wildman–Crippen MR) is 101 cm³/mol. The van der Waals surface area contributed by atoms with Crippen molar-refractivity contribution in [3.8, 4) is 5.75 Å². The number of para-hydroxylation sites is 2. The Morgan fingerprint density at radius 3 is 2.50 bits per heavy atom. The number of carbonyl (C=O) groups is 1. The van der Waals surface area contributed by atoms with Crippen molar-refractivity contribution in [2.75, 3.05) is 17.1 Å². The summed E-state index contributed by atoms with van der Waals surface area (Å²) < 4.78 is 31.4. The molecule has 0 saturated carbocycles. The van der Waals surface area contributed by atoms with E-state index in [1.54, 1.807) is 24.3 Å². The summed E-state index contributed by atoms with van der Waals surface area (Å²) in [6.45, 7) is 2.09. The Morgan fingerprint density at radius 1 is 1.15 bits per heavy atom. The van der Waals surface area contributed by atoms with Gasteiger partial charge in [0, 0.05) is 13.0 Å². The van der Waals surface area contributed by atoms with Crippen LogP contribution in [0.4, 0.5) is 5.69 Å². The summed E-state index contributed by atoms with van der Waals surface area (Å²) in [5.74, 6) is 0.134. The van der Waals surface area contributed by atoms with Gasteiger partial charge in [0.15, 0.2) is 6.10 Å². The molecule has 7 heteroatoms. The number of anilines is 1. The largest absolute Gasteiger partial charge is 0.478 e. The Kier molecular flexibility index (Phi) is 5.18. The van der Waals surface area contributed by atoms with Gasteiger partial charge >= 0.3 is 0 Å². The highest BCUT2D eigenvalue weighted by atomic mass is 32.2. The van der Waals surface area contributed by atoms with Gasteiger partial charge in [0.05, 0.1) is 18.0 Å². The van der Waals surface area contributed by atoms with Crippen molar-refractivity contribution in [2.24, 2.45) is 0 Å². The van der Waals surface area contributed by atoms with E-state index in [1.807, 2.05) is 37.3 Å². The third kappa shape index (κ3) is 3.99. The van der Waals surface area contributed by atoms with Crippen molar-refractivity contribution >= 4 is 21.6 Å². The third-order valence-corrected chi connectivity index (χ3v) is 5.53. The fraction of sp³-hybridized carbons (Fsp3) is 0.316. The highest BCUT2D eigenvalue weighted by molar-refractivity contribution is 7.92. The summed E-state index contributed by atoms with van der Waals surface area (Å²) in [6, 6.07) is 16.3. The van der Waals surface area contributed by atoms with E-state index in [1.165, 1.54) is 4.31 Å². The van der Waals surface area contributed by atoms with Crippen LogP contribution in [-0.4, -0.2) is 33.2 Å². The number of benzene rings is 2. The number of amides is 1. The van der Waals surface area contributed by atoms with Crippen molar-refractivity contribution in [1.82, 2.24) is 5.32 Å². The number of fused-ring (bicyclic) bond motifs is 1. The summed E-state index contributed by atoms with van der Waals surface area (Å²) in [7, 11) is -3.46. The molecule has 0 radical (unpaired) electrons. The lowest BCUT2D eigenvalue weighted by molar-refractivity contribution is -0.128. The molecule has 0 fully saturated rings. The van der Waals surface area contributed by atoms with Gasteiger partial charge in [-0.2, -0.15) is 0 Å². The van der Waals surface area contributed by atoms with Crippen molar-refractivity contribution in [3.63, 3.8) is 0 Å². The lowest BCUT2D eigenvalue weighted by atomic mass is 10.1. The van der Waals surface area contributed by atoms with Crippen LogP contribution < -0.4 is 14.4 Å². The highest BCUT2D eigenvalue weighted by Gasteiger charge is 2.31. The average molecular weight is 374 g/mol. The van der Waals surface area contributed by atoms with Crippen LogP contribution in [0.25, 0.3) is 0 Å². The topological polar surface area (TPSA) is 75.7 Å². The summed E-state index contributed by atoms with van der Waals surface area (Å²) in [6.07, 6.45) is 0.672. The molecule has 1 aliphatic heterocycles. The monoisotopic (exact) mass is 374 g/mol. The number of carbonyl (C=O) groups excluding carboxylic acids is 1. The molecule has 1 heterocycles. The first kappa shape index (κ1) is 18.3. The van der Waals surface area contributed by atoms with Crippen LogP contribution in [0.2, 0.25) is 0 Å². The maximum Gasteiger partial charge on any atom is 0.261 e. The smallest absolute Gasteiger partial charge is 0.261 e. The SMILES string of the molecule is C[C@@H](NC(=O)C1CCN(S(C)(=O)=O)c2ccccc2O1)c1ccccc1. The lowest BCUT2D eigenvalue weighted by Crippen LogP contribution is -2.40. The van der Waals surface area contributed by atoms with E-state index in [0.717, 1.165) is 11.8 Å². The van der Waals surface area contributed by atoms with Crippen LogP contribution in [-0.2, 0) is 14.8 Å². The summed E-state index contributed by atoms with van der Waals surface area (Å²) >= 11 is 0.